The number of carbonyl (C=O) groups is 1. The van der Waals surface area contributed by atoms with Crippen molar-refractivity contribution in [1.29, 1.82) is 0 Å². The molecule has 0 fully saturated rings. The van der Waals surface area contributed by atoms with Crippen molar-refractivity contribution in [3.63, 3.8) is 0 Å². The Labute approximate surface area is 103 Å². The summed E-state index contributed by atoms with van der Waals surface area (Å²) >= 11 is 0. The minimum Gasteiger partial charge on any atom is -0.477 e. The highest BCUT2D eigenvalue weighted by Gasteiger charge is 2.12. The standard InChI is InChI=1S/C10H9N3O4S/c1-18(16,17)7-5-11-13(6-7)9-4-2-3-8(12-9)10(14)15/h2-6H,1H3,(H,14,15). The lowest BCUT2D eigenvalue weighted by atomic mass is 10.3. The van der Waals surface area contributed by atoms with E-state index < -0.39 is 15.8 Å². The van der Waals surface area contributed by atoms with Crippen LogP contribution in [0.5, 0.6) is 0 Å². The molecule has 0 spiro atoms. The molecule has 8 heteroatoms. The van der Waals surface area contributed by atoms with Crippen LogP contribution in [0.2, 0.25) is 0 Å². The second-order valence-corrected chi connectivity index (χ2v) is 5.59. The van der Waals surface area contributed by atoms with E-state index in [9.17, 15) is 13.2 Å². The van der Waals surface area contributed by atoms with Gasteiger partial charge in [-0.25, -0.2) is 22.9 Å². The second kappa shape index (κ2) is 4.22. The SMILES string of the molecule is CS(=O)(=O)c1cnn(-c2cccc(C(=O)O)n2)c1. The number of carboxylic acids is 1. The van der Waals surface area contributed by atoms with Crippen LogP contribution in [-0.2, 0) is 9.84 Å². The largest absolute Gasteiger partial charge is 0.477 e. The minimum atomic E-state index is -3.34. The van der Waals surface area contributed by atoms with E-state index in [2.05, 4.69) is 10.1 Å². The van der Waals surface area contributed by atoms with Crippen LogP contribution in [-0.4, -0.2) is 40.5 Å². The quantitative estimate of drug-likeness (QED) is 0.861. The Hall–Kier alpha value is -2.22. The zero-order chi connectivity index (χ0) is 13.3. The van der Waals surface area contributed by atoms with E-state index in [0.29, 0.717) is 0 Å². The Bertz CT molecular complexity index is 705. The van der Waals surface area contributed by atoms with Gasteiger partial charge in [-0.3, -0.25) is 0 Å². The molecular weight excluding hydrogens is 258 g/mol. The number of aromatic carboxylic acids is 1. The van der Waals surface area contributed by atoms with Crippen molar-refractivity contribution in [2.45, 2.75) is 4.90 Å². The molecular formula is C10H9N3O4S. The lowest BCUT2D eigenvalue weighted by Gasteiger charge is -2.00. The number of sulfone groups is 1. The average molecular weight is 267 g/mol. The first-order chi connectivity index (χ1) is 8.38. The van der Waals surface area contributed by atoms with Gasteiger partial charge in [0.05, 0.1) is 12.4 Å². The maximum Gasteiger partial charge on any atom is 0.354 e. The van der Waals surface area contributed by atoms with Crippen LogP contribution in [0, 0.1) is 0 Å². The number of hydrogen-bond donors (Lipinski definition) is 1. The Balaban J connectivity index is 2.46. The highest BCUT2D eigenvalue weighted by molar-refractivity contribution is 7.90. The summed E-state index contributed by atoms with van der Waals surface area (Å²) in [6.45, 7) is 0. The van der Waals surface area contributed by atoms with E-state index in [1.165, 1.54) is 35.3 Å². The van der Waals surface area contributed by atoms with E-state index in [0.717, 1.165) is 6.26 Å². The summed E-state index contributed by atoms with van der Waals surface area (Å²) in [5.74, 6) is -0.919. The van der Waals surface area contributed by atoms with E-state index in [-0.39, 0.29) is 16.4 Å². The lowest BCUT2D eigenvalue weighted by molar-refractivity contribution is 0.0690. The molecule has 0 atom stereocenters. The van der Waals surface area contributed by atoms with Gasteiger partial charge < -0.3 is 5.11 Å². The number of pyridine rings is 1. The van der Waals surface area contributed by atoms with E-state index >= 15 is 0 Å². The van der Waals surface area contributed by atoms with Gasteiger partial charge in [0.1, 0.15) is 4.90 Å². The number of rotatable bonds is 3. The molecule has 2 aromatic rings. The first kappa shape index (κ1) is 12.2. The van der Waals surface area contributed by atoms with Crippen molar-refractivity contribution in [3.05, 3.63) is 36.3 Å². The van der Waals surface area contributed by atoms with Gasteiger partial charge in [0.25, 0.3) is 0 Å². The molecule has 0 unspecified atom stereocenters. The number of carboxylic acid groups (broad SMARTS) is 1. The van der Waals surface area contributed by atoms with Crippen molar-refractivity contribution >= 4 is 15.8 Å². The molecule has 18 heavy (non-hydrogen) atoms. The predicted octanol–water partition coefficient (Wildman–Crippen LogP) is 0.369. The van der Waals surface area contributed by atoms with Crippen LogP contribution in [0.3, 0.4) is 0 Å². The molecule has 0 aliphatic rings. The molecule has 0 aliphatic carbocycles. The Morgan fingerprint density at radius 2 is 2.11 bits per heavy atom. The number of nitrogens with zero attached hydrogens (tertiary/aromatic N) is 3. The molecule has 0 aromatic carbocycles. The van der Waals surface area contributed by atoms with E-state index in [1.807, 2.05) is 0 Å². The summed E-state index contributed by atoms with van der Waals surface area (Å²) < 4.78 is 23.8. The van der Waals surface area contributed by atoms with Crippen LogP contribution in [0.25, 0.3) is 5.82 Å². The first-order valence-electron chi connectivity index (χ1n) is 4.83. The molecule has 0 amide bonds. The maximum absolute atomic E-state index is 11.3. The first-order valence-corrected chi connectivity index (χ1v) is 6.72. The van der Waals surface area contributed by atoms with Gasteiger partial charge in [-0.1, -0.05) is 6.07 Å². The normalized spacial score (nSPS) is 11.4. The molecule has 1 N–H and O–H groups in total. The molecule has 0 saturated heterocycles. The zero-order valence-corrected chi connectivity index (χ0v) is 10.1. The zero-order valence-electron chi connectivity index (χ0n) is 9.31. The van der Waals surface area contributed by atoms with Gasteiger partial charge in [-0.05, 0) is 12.1 Å². The fourth-order valence-corrected chi connectivity index (χ4v) is 1.82. The fraction of sp³-hybridized carbons (Fsp3) is 0.100. The van der Waals surface area contributed by atoms with E-state index in [1.54, 1.807) is 0 Å². The molecule has 0 aliphatic heterocycles. The van der Waals surface area contributed by atoms with Crippen LogP contribution in [0.15, 0.2) is 35.5 Å². The highest BCUT2D eigenvalue weighted by Crippen LogP contribution is 2.11. The summed E-state index contributed by atoms with van der Waals surface area (Å²) in [6, 6.07) is 4.38. The van der Waals surface area contributed by atoms with Gasteiger partial charge in [-0.2, -0.15) is 5.10 Å². The van der Waals surface area contributed by atoms with Crippen molar-refractivity contribution in [2.75, 3.05) is 6.26 Å². The Morgan fingerprint density at radius 3 is 2.67 bits per heavy atom. The lowest BCUT2D eigenvalue weighted by Crippen LogP contribution is -2.05. The predicted molar refractivity (Wildman–Crippen MR) is 61.4 cm³/mol. The van der Waals surface area contributed by atoms with Crippen LogP contribution < -0.4 is 0 Å². The third kappa shape index (κ3) is 2.38. The minimum absolute atomic E-state index is 0.0463. The smallest absolute Gasteiger partial charge is 0.354 e. The summed E-state index contributed by atoms with van der Waals surface area (Å²) in [4.78, 5) is 14.7. The maximum atomic E-state index is 11.3. The van der Waals surface area contributed by atoms with Crippen molar-refractivity contribution in [3.8, 4) is 5.82 Å². The van der Waals surface area contributed by atoms with Crippen molar-refractivity contribution in [2.24, 2.45) is 0 Å². The van der Waals surface area contributed by atoms with E-state index in [4.69, 9.17) is 5.11 Å². The van der Waals surface area contributed by atoms with Crippen molar-refractivity contribution < 1.29 is 18.3 Å². The van der Waals surface area contributed by atoms with Gasteiger partial charge in [0.2, 0.25) is 0 Å². The molecule has 2 aromatic heterocycles. The van der Waals surface area contributed by atoms with Crippen LogP contribution in [0.4, 0.5) is 0 Å². The third-order valence-corrected chi connectivity index (χ3v) is 3.24. The summed E-state index contributed by atoms with van der Waals surface area (Å²) in [5.41, 5.74) is -0.135. The summed E-state index contributed by atoms with van der Waals surface area (Å²) in [7, 11) is -3.34. The van der Waals surface area contributed by atoms with Crippen molar-refractivity contribution in [1.82, 2.24) is 14.8 Å². The van der Waals surface area contributed by atoms with Gasteiger partial charge in [-0.15, -0.1) is 0 Å². The second-order valence-electron chi connectivity index (χ2n) is 3.58. The highest BCUT2D eigenvalue weighted by atomic mass is 32.2. The molecule has 7 nitrogen and oxygen atoms in total. The summed E-state index contributed by atoms with van der Waals surface area (Å²) in [6.07, 6.45) is 3.53. The van der Waals surface area contributed by atoms with Gasteiger partial charge in [0, 0.05) is 6.26 Å². The molecule has 2 rings (SSSR count). The number of hydrogen-bond acceptors (Lipinski definition) is 5. The topological polar surface area (TPSA) is 102 Å². The van der Waals surface area contributed by atoms with Gasteiger partial charge >= 0.3 is 5.97 Å². The molecule has 0 bridgehead atoms. The number of aromatic nitrogens is 3. The molecule has 94 valence electrons. The van der Waals surface area contributed by atoms with Gasteiger partial charge in [0.15, 0.2) is 21.3 Å². The molecule has 0 saturated carbocycles. The Kier molecular flexibility index (Phi) is 2.87. The average Bonchev–Trinajstić information content (AvgIpc) is 2.78. The Morgan fingerprint density at radius 1 is 1.39 bits per heavy atom. The van der Waals surface area contributed by atoms with Crippen LogP contribution in [0.1, 0.15) is 10.5 Å². The third-order valence-electron chi connectivity index (χ3n) is 2.18. The fourth-order valence-electron chi connectivity index (χ4n) is 1.29. The van der Waals surface area contributed by atoms with Crippen LogP contribution >= 0.6 is 0 Å². The molecule has 0 radical (unpaired) electrons. The monoisotopic (exact) mass is 267 g/mol. The summed E-state index contributed by atoms with van der Waals surface area (Å²) in [5, 5.41) is 12.6. The molecule has 2 heterocycles.